The van der Waals surface area contributed by atoms with E-state index in [0.29, 0.717) is 26.3 Å². The SMILES string of the molecule is COc1ccc(Br)cc1COc1ccc(C2CN(CCC(=O)O)CCO2)c(C)c1. The summed E-state index contributed by atoms with van der Waals surface area (Å²) in [5, 5.41) is 8.90. The Labute approximate surface area is 179 Å². The van der Waals surface area contributed by atoms with E-state index in [9.17, 15) is 4.79 Å². The van der Waals surface area contributed by atoms with Crippen molar-refractivity contribution in [3.63, 3.8) is 0 Å². The van der Waals surface area contributed by atoms with Crippen molar-refractivity contribution in [2.24, 2.45) is 0 Å². The lowest BCUT2D eigenvalue weighted by molar-refractivity contribution is -0.137. The van der Waals surface area contributed by atoms with E-state index in [-0.39, 0.29) is 12.5 Å². The molecule has 2 aromatic rings. The summed E-state index contributed by atoms with van der Waals surface area (Å²) in [6, 6.07) is 11.8. The van der Waals surface area contributed by atoms with Gasteiger partial charge in [-0.3, -0.25) is 9.69 Å². The second-order valence-corrected chi connectivity index (χ2v) is 7.98. The summed E-state index contributed by atoms with van der Waals surface area (Å²) in [5.41, 5.74) is 3.17. The Morgan fingerprint density at radius 2 is 2.14 bits per heavy atom. The quantitative estimate of drug-likeness (QED) is 0.632. The van der Waals surface area contributed by atoms with Crippen molar-refractivity contribution in [2.45, 2.75) is 26.1 Å². The smallest absolute Gasteiger partial charge is 0.304 e. The van der Waals surface area contributed by atoms with Crippen molar-refractivity contribution in [3.05, 3.63) is 57.6 Å². The highest BCUT2D eigenvalue weighted by molar-refractivity contribution is 9.10. The summed E-state index contributed by atoms with van der Waals surface area (Å²) in [7, 11) is 1.65. The zero-order chi connectivity index (χ0) is 20.8. The maximum absolute atomic E-state index is 10.8. The van der Waals surface area contributed by atoms with E-state index in [1.54, 1.807) is 7.11 Å². The number of methoxy groups -OCH3 is 1. The number of nitrogens with zero attached hydrogens (tertiary/aromatic N) is 1. The topological polar surface area (TPSA) is 68.2 Å². The van der Waals surface area contributed by atoms with Crippen LogP contribution in [-0.2, 0) is 16.1 Å². The molecule has 29 heavy (non-hydrogen) atoms. The summed E-state index contributed by atoms with van der Waals surface area (Å²) in [5.74, 6) is 0.804. The van der Waals surface area contributed by atoms with E-state index in [0.717, 1.165) is 39.2 Å². The van der Waals surface area contributed by atoms with Gasteiger partial charge in [-0.25, -0.2) is 0 Å². The molecule has 1 fully saturated rings. The van der Waals surface area contributed by atoms with Gasteiger partial charge >= 0.3 is 5.97 Å². The van der Waals surface area contributed by atoms with Crippen LogP contribution in [0.1, 0.15) is 29.2 Å². The Morgan fingerprint density at radius 3 is 2.86 bits per heavy atom. The Morgan fingerprint density at radius 1 is 1.31 bits per heavy atom. The standard InChI is InChI=1S/C22H26BrNO5/c1-15-11-18(29-14-16-12-17(23)3-6-20(16)27-2)4-5-19(15)21-13-24(9-10-28-21)8-7-22(25)26/h3-6,11-12,21H,7-10,13-14H2,1-2H3,(H,25,26). The third kappa shape index (κ3) is 5.95. The molecule has 0 spiro atoms. The van der Waals surface area contributed by atoms with E-state index in [1.165, 1.54) is 0 Å². The molecule has 0 aliphatic carbocycles. The van der Waals surface area contributed by atoms with Crippen LogP contribution in [0, 0.1) is 6.92 Å². The van der Waals surface area contributed by atoms with Gasteiger partial charge in [-0.15, -0.1) is 0 Å². The first-order valence-corrected chi connectivity index (χ1v) is 10.4. The number of aryl methyl sites for hydroxylation is 1. The predicted molar refractivity (Wildman–Crippen MR) is 114 cm³/mol. The molecule has 0 saturated carbocycles. The molecular formula is C22H26BrNO5. The van der Waals surface area contributed by atoms with Gasteiger partial charge in [0.1, 0.15) is 18.1 Å². The first-order chi connectivity index (χ1) is 14.0. The molecule has 1 saturated heterocycles. The highest BCUT2D eigenvalue weighted by atomic mass is 79.9. The van der Waals surface area contributed by atoms with E-state index in [1.807, 2.05) is 43.3 Å². The van der Waals surface area contributed by atoms with Crippen molar-refractivity contribution >= 4 is 21.9 Å². The molecule has 0 radical (unpaired) electrons. The van der Waals surface area contributed by atoms with E-state index in [4.69, 9.17) is 19.3 Å². The fourth-order valence-electron chi connectivity index (χ4n) is 3.47. The van der Waals surface area contributed by atoms with Gasteiger partial charge in [0.25, 0.3) is 0 Å². The summed E-state index contributed by atoms with van der Waals surface area (Å²) >= 11 is 3.48. The fraction of sp³-hybridized carbons (Fsp3) is 0.409. The largest absolute Gasteiger partial charge is 0.496 e. The van der Waals surface area contributed by atoms with Crippen molar-refractivity contribution in [1.29, 1.82) is 0 Å². The van der Waals surface area contributed by atoms with Crippen LogP contribution in [0.25, 0.3) is 0 Å². The Hall–Kier alpha value is -2.09. The lowest BCUT2D eigenvalue weighted by Gasteiger charge is -2.33. The summed E-state index contributed by atoms with van der Waals surface area (Å²) in [4.78, 5) is 13.0. The molecule has 0 bridgehead atoms. The van der Waals surface area contributed by atoms with Gasteiger partial charge in [0.15, 0.2) is 0 Å². The van der Waals surface area contributed by atoms with Crippen LogP contribution in [0.2, 0.25) is 0 Å². The van der Waals surface area contributed by atoms with Crippen LogP contribution in [-0.4, -0.2) is 49.3 Å². The molecule has 156 valence electrons. The van der Waals surface area contributed by atoms with E-state index >= 15 is 0 Å². The predicted octanol–water partition coefficient (Wildman–Crippen LogP) is 4.19. The number of carboxylic acids is 1. The minimum absolute atomic E-state index is 0.0585. The van der Waals surface area contributed by atoms with Crippen LogP contribution >= 0.6 is 15.9 Å². The maximum atomic E-state index is 10.8. The van der Waals surface area contributed by atoms with Crippen molar-refractivity contribution < 1.29 is 24.1 Å². The molecular weight excluding hydrogens is 438 g/mol. The molecule has 1 aliphatic heterocycles. The number of hydrogen-bond acceptors (Lipinski definition) is 5. The lowest BCUT2D eigenvalue weighted by Crippen LogP contribution is -2.39. The minimum Gasteiger partial charge on any atom is -0.496 e. The lowest BCUT2D eigenvalue weighted by atomic mass is 10.0. The van der Waals surface area contributed by atoms with Gasteiger partial charge in [-0.1, -0.05) is 22.0 Å². The number of benzene rings is 2. The second kappa shape index (κ2) is 10.1. The molecule has 1 N–H and O–H groups in total. The van der Waals surface area contributed by atoms with Gasteiger partial charge in [-0.2, -0.15) is 0 Å². The molecule has 1 unspecified atom stereocenters. The van der Waals surface area contributed by atoms with Gasteiger partial charge in [0, 0.05) is 29.7 Å². The Bertz CT molecular complexity index is 857. The number of morpholine rings is 1. The first kappa shape index (κ1) is 21.6. The van der Waals surface area contributed by atoms with Crippen LogP contribution in [0.15, 0.2) is 40.9 Å². The molecule has 7 heteroatoms. The fourth-order valence-corrected chi connectivity index (χ4v) is 3.88. The molecule has 1 aliphatic rings. The number of carbonyl (C=O) groups is 1. The minimum atomic E-state index is -0.771. The monoisotopic (exact) mass is 463 g/mol. The highest BCUT2D eigenvalue weighted by Crippen LogP contribution is 2.29. The summed E-state index contributed by atoms with van der Waals surface area (Å²) in [6.07, 6.45) is 0.0918. The van der Waals surface area contributed by atoms with Gasteiger partial charge in [0.2, 0.25) is 0 Å². The van der Waals surface area contributed by atoms with Gasteiger partial charge in [-0.05, 0) is 48.4 Å². The van der Waals surface area contributed by atoms with Crippen molar-refractivity contribution in [2.75, 3.05) is 33.4 Å². The first-order valence-electron chi connectivity index (χ1n) is 9.58. The summed E-state index contributed by atoms with van der Waals surface area (Å²) in [6.45, 7) is 5.06. The van der Waals surface area contributed by atoms with Crippen LogP contribution in [0.3, 0.4) is 0 Å². The van der Waals surface area contributed by atoms with Crippen molar-refractivity contribution in [3.8, 4) is 11.5 Å². The zero-order valence-corrected chi connectivity index (χ0v) is 18.3. The maximum Gasteiger partial charge on any atom is 0.304 e. The number of ether oxygens (including phenoxy) is 3. The van der Waals surface area contributed by atoms with E-state index in [2.05, 4.69) is 20.8 Å². The molecule has 3 rings (SSSR count). The number of rotatable bonds is 8. The average molecular weight is 464 g/mol. The molecule has 6 nitrogen and oxygen atoms in total. The molecule has 0 amide bonds. The van der Waals surface area contributed by atoms with Crippen LogP contribution < -0.4 is 9.47 Å². The average Bonchev–Trinajstić information content (AvgIpc) is 2.71. The van der Waals surface area contributed by atoms with Crippen LogP contribution in [0.4, 0.5) is 0 Å². The second-order valence-electron chi connectivity index (χ2n) is 7.07. The van der Waals surface area contributed by atoms with Gasteiger partial charge in [0.05, 0.1) is 26.2 Å². The molecule has 0 aromatic heterocycles. The van der Waals surface area contributed by atoms with Gasteiger partial charge < -0.3 is 19.3 Å². The Balaban J connectivity index is 1.64. The van der Waals surface area contributed by atoms with Crippen molar-refractivity contribution in [1.82, 2.24) is 4.90 Å². The van der Waals surface area contributed by atoms with Crippen LogP contribution in [0.5, 0.6) is 11.5 Å². The Kier molecular flexibility index (Phi) is 7.52. The number of carboxylic acid groups (broad SMARTS) is 1. The third-order valence-electron chi connectivity index (χ3n) is 5.02. The molecule has 2 aromatic carbocycles. The third-order valence-corrected chi connectivity index (χ3v) is 5.51. The molecule has 1 heterocycles. The number of aliphatic carboxylic acids is 1. The number of halogens is 1. The van der Waals surface area contributed by atoms with E-state index < -0.39 is 5.97 Å². The zero-order valence-electron chi connectivity index (χ0n) is 16.7. The normalized spacial score (nSPS) is 17.1. The number of hydrogen-bond donors (Lipinski definition) is 1. The highest BCUT2D eigenvalue weighted by Gasteiger charge is 2.23. The summed E-state index contributed by atoms with van der Waals surface area (Å²) < 4.78 is 18.3. The molecule has 1 atom stereocenters.